The molecule has 1 rings (SSSR count). The average molecular weight is 656 g/mol. The molecule has 1 aliphatic rings. The van der Waals surface area contributed by atoms with Gasteiger partial charge in [-0.3, -0.25) is 0 Å². The van der Waals surface area contributed by atoms with E-state index in [1.54, 1.807) is 7.99 Å². The topological polar surface area (TPSA) is 9.23 Å². The number of hydrogen-bond donors (Lipinski definition) is 0. The normalized spacial score (nSPS) is 18.8. The van der Waals surface area contributed by atoms with Gasteiger partial charge in [0.1, 0.15) is 0 Å². The summed E-state index contributed by atoms with van der Waals surface area (Å²) in [4.78, 5) is 0. The van der Waals surface area contributed by atoms with E-state index in [1.165, 1.54) is 106 Å². The molecule has 0 aliphatic carbocycles. The van der Waals surface area contributed by atoms with E-state index >= 15 is 0 Å². The Morgan fingerprint density at radius 2 is 1.00 bits per heavy atom. The molecule has 0 aromatic rings. The second kappa shape index (κ2) is 18.9. The summed E-state index contributed by atoms with van der Waals surface area (Å²) in [5.41, 5.74) is 0. The fraction of sp³-hybridized carbons (Fsp3) is 0.875. The van der Waals surface area contributed by atoms with Crippen LogP contribution in [0, 0.1) is 11.8 Å². The summed E-state index contributed by atoms with van der Waals surface area (Å²) in [5, 5.41) is 4.54. The first-order valence-corrected chi connectivity index (χ1v) is 28.9. The van der Waals surface area contributed by atoms with Gasteiger partial charge in [-0.1, -0.05) is 0 Å². The molecule has 0 bridgehead atoms. The van der Waals surface area contributed by atoms with Crippen LogP contribution in [0.25, 0.3) is 0 Å². The van der Waals surface area contributed by atoms with E-state index in [0.717, 1.165) is 13.2 Å². The van der Waals surface area contributed by atoms with Gasteiger partial charge in [0.15, 0.2) is 0 Å². The van der Waals surface area contributed by atoms with E-state index in [2.05, 4.69) is 41.5 Å². The number of unbranched alkanes of at least 4 members (excludes halogenated alkanes) is 6. The Morgan fingerprint density at radius 3 is 1.37 bits per heavy atom. The molecule has 1 aliphatic heterocycles. The number of ether oxygens (including phenoxy) is 1. The molecule has 1 nitrogen and oxygen atoms in total. The summed E-state index contributed by atoms with van der Waals surface area (Å²) in [6.45, 7) is 26.3. The Balaban J connectivity index is 3.34. The molecule has 206 valence electrons. The Bertz CT molecular complexity index is 493. The first-order chi connectivity index (χ1) is 16.9. The first-order valence-electron chi connectivity index (χ1n) is 15.9. The van der Waals surface area contributed by atoms with Gasteiger partial charge in [-0.2, -0.15) is 0 Å². The zero-order valence-electron chi connectivity index (χ0n) is 25.1. The van der Waals surface area contributed by atoms with Crippen LogP contribution in [0.5, 0.6) is 0 Å². The van der Waals surface area contributed by atoms with Crippen molar-refractivity contribution in [3.05, 3.63) is 21.2 Å². The van der Waals surface area contributed by atoms with Gasteiger partial charge in [-0.05, 0) is 0 Å². The van der Waals surface area contributed by atoms with Crippen molar-refractivity contribution >= 4 is 31.6 Å². The fourth-order valence-electron chi connectivity index (χ4n) is 6.83. The maximum atomic E-state index is 6.37. The van der Waals surface area contributed by atoms with Gasteiger partial charge in [0, 0.05) is 0 Å². The quantitative estimate of drug-likeness (QED) is 0.105. The van der Waals surface area contributed by atoms with Crippen molar-refractivity contribution < 1.29 is 4.74 Å². The maximum absolute atomic E-state index is 6.37. The van der Waals surface area contributed by atoms with Crippen molar-refractivity contribution in [3.63, 3.8) is 0 Å². The van der Waals surface area contributed by atoms with E-state index in [-0.39, 0.29) is 0 Å². The third-order valence-electron chi connectivity index (χ3n) is 9.39. The molecule has 1 heterocycles. The predicted molar refractivity (Wildman–Crippen MR) is 166 cm³/mol. The van der Waals surface area contributed by atoms with Crippen molar-refractivity contribution in [1.29, 1.82) is 0 Å². The average Bonchev–Trinajstić information content (AvgIpc) is 3.37. The summed E-state index contributed by atoms with van der Waals surface area (Å²) in [6, 6.07) is 0. The summed E-state index contributed by atoms with van der Waals surface area (Å²) in [5.74, 6) is 1.19. The minimum atomic E-state index is -2.49. The van der Waals surface area contributed by atoms with Gasteiger partial charge in [0.2, 0.25) is 0 Å². The fourth-order valence-corrected chi connectivity index (χ4v) is 35.9. The third kappa shape index (κ3) is 10.1. The molecule has 0 aromatic heterocycles. The summed E-state index contributed by atoms with van der Waals surface area (Å²) in [6.07, 6.45) is 16.5. The SMILES string of the molecule is C=[C]([C@H]1COC[C@H]1[C](=C)[Sn]([CH2]CCC)([CH2]CCC)[CH2]CCC)[Ge]([CH2]CCC)([CH2]CCC)[CH2]CCC. The van der Waals surface area contributed by atoms with Crippen LogP contribution in [0.1, 0.15) is 119 Å². The van der Waals surface area contributed by atoms with E-state index in [0.29, 0.717) is 11.8 Å². The zero-order chi connectivity index (χ0) is 26.2. The molecule has 0 amide bonds. The monoisotopic (exact) mass is 658 g/mol. The Morgan fingerprint density at radius 1 is 0.629 bits per heavy atom. The van der Waals surface area contributed by atoms with Crippen molar-refractivity contribution in [2.45, 2.75) is 148 Å². The number of rotatable bonds is 22. The zero-order valence-corrected chi connectivity index (χ0v) is 30.1. The molecule has 0 aromatic carbocycles. The molecule has 0 spiro atoms. The predicted octanol–water partition coefficient (Wildman–Crippen LogP) is 11.1. The second-order valence-corrected chi connectivity index (χ2v) is 35.3. The van der Waals surface area contributed by atoms with Gasteiger partial charge in [-0.15, -0.1) is 0 Å². The molecule has 3 heteroatoms. The van der Waals surface area contributed by atoms with Crippen molar-refractivity contribution in [2.24, 2.45) is 11.8 Å². The van der Waals surface area contributed by atoms with E-state index in [1.807, 2.05) is 0 Å². The third-order valence-corrected chi connectivity index (χ3v) is 37.4. The molecule has 0 N–H and O–H groups in total. The van der Waals surface area contributed by atoms with Crippen LogP contribution in [0.15, 0.2) is 21.2 Å². The van der Waals surface area contributed by atoms with Gasteiger partial charge in [0.25, 0.3) is 0 Å². The molecule has 1 saturated heterocycles. The van der Waals surface area contributed by atoms with E-state index in [9.17, 15) is 0 Å². The minimum absolute atomic E-state index is 0.592. The molecule has 1 fully saturated rings. The second-order valence-electron chi connectivity index (χ2n) is 12.0. The molecule has 0 radical (unpaired) electrons. The van der Waals surface area contributed by atoms with Crippen LogP contribution >= 0.6 is 0 Å². The molecule has 0 saturated carbocycles. The van der Waals surface area contributed by atoms with Crippen LogP contribution in [0.4, 0.5) is 0 Å². The summed E-state index contributed by atoms with van der Waals surface area (Å²) < 4.78 is 14.5. The number of hydrogen-bond acceptors (Lipinski definition) is 1. The Kier molecular flexibility index (Phi) is 18.3. The van der Waals surface area contributed by atoms with Crippen molar-refractivity contribution in [1.82, 2.24) is 0 Å². The van der Waals surface area contributed by atoms with Gasteiger partial charge < -0.3 is 0 Å². The van der Waals surface area contributed by atoms with Crippen LogP contribution in [0.2, 0.25) is 29.1 Å². The first kappa shape index (κ1) is 33.8. The van der Waals surface area contributed by atoms with Crippen LogP contribution in [0.3, 0.4) is 0 Å². The summed E-state index contributed by atoms with van der Waals surface area (Å²) >= 11 is -4.69. The molecule has 0 unspecified atom stereocenters. The van der Waals surface area contributed by atoms with Gasteiger partial charge in [0.05, 0.1) is 0 Å². The van der Waals surface area contributed by atoms with Crippen molar-refractivity contribution in [3.8, 4) is 0 Å². The van der Waals surface area contributed by atoms with Crippen LogP contribution in [-0.2, 0) is 4.74 Å². The molecule has 2 atom stereocenters. The Labute approximate surface area is 229 Å². The Hall–Kier alpha value is 0.782. The van der Waals surface area contributed by atoms with E-state index < -0.39 is 31.6 Å². The standard InChI is InChI=1S/C20H37GeO.3C4H9.Sn/c1-6-10-13-21(14-11-7-2,15-12-8-3)18(5)20-17-22-16-19(20)9-4;3*1-3-4-2;/h19-20H,4-8,10-17H2,1-3H3;3*1,3-4H2,2H3;/t19-,20-;;;;/m1..../s1. The molecule has 35 heavy (non-hydrogen) atoms. The molecular formula is C32H64GeOSn. The molecular weight excluding hydrogens is 592 g/mol. The van der Waals surface area contributed by atoms with Crippen molar-refractivity contribution in [2.75, 3.05) is 13.2 Å². The van der Waals surface area contributed by atoms with E-state index in [4.69, 9.17) is 17.9 Å². The van der Waals surface area contributed by atoms with Gasteiger partial charge in [-0.25, -0.2) is 0 Å². The van der Waals surface area contributed by atoms with Crippen LogP contribution < -0.4 is 0 Å². The summed E-state index contributed by atoms with van der Waals surface area (Å²) in [7, 11) is 0. The van der Waals surface area contributed by atoms with Crippen LogP contribution in [-0.4, -0.2) is 44.9 Å². The van der Waals surface area contributed by atoms with Gasteiger partial charge >= 0.3 is 230 Å².